The first-order chi connectivity index (χ1) is 14.1. The van der Waals surface area contributed by atoms with Crippen molar-refractivity contribution in [3.05, 3.63) is 46.0 Å². The van der Waals surface area contributed by atoms with Gasteiger partial charge in [0.1, 0.15) is 17.3 Å². The highest BCUT2D eigenvalue weighted by Crippen LogP contribution is 2.33. The number of aromatic nitrogens is 2. The number of amides is 1. The zero-order valence-electron chi connectivity index (χ0n) is 16.0. The minimum absolute atomic E-state index is 0.0487. The van der Waals surface area contributed by atoms with Gasteiger partial charge in [0.05, 0.1) is 13.3 Å². The van der Waals surface area contributed by atoms with Crippen LogP contribution >= 0.6 is 0 Å². The van der Waals surface area contributed by atoms with Gasteiger partial charge >= 0.3 is 0 Å². The van der Waals surface area contributed by atoms with E-state index in [1.165, 1.54) is 13.3 Å². The molecule has 148 valence electrons. The van der Waals surface area contributed by atoms with Gasteiger partial charge in [-0.15, -0.1) is 4.91 Å². The molecule has 9 nitrogen and oxygen atoms in total. The van der Waals surface area contributed by atoms with E-state index in [4.69, 9.17) is 10.00 Å². The van der Waals surface area contributed by atoms with Crippen molar-refractivity contribution in [1.82, 2.24) is 14.9 Å². The molecule has 4 rings (SSSR count). The number of anilines is 1. The van der Waals surface area contributed by atoms with Crippen molar-refractivity contribution in [2.75, 3.05) is 12.4 Å². The third kappa shape index (κ3) is 3.61. The van der Waals surface area contributed by atoms with Crippen molar-refractivity contribution in [3.63, 3.8) is 0 Å². The zero-order chi connectivity index (χ0) is 20.4. The van der Waals surface area contributed by atoms with Gasteiger partial charge in [0.2, 0.25) is 11.8 Å². The molecule has 1 saturated carbocycles. The topological polar surface area (TPSA) is 121 Å². The van der Waals surface area contributed by atoms with Crippen molar-refractivity contribution >= 4 is 17.5 Å². The number of nitriles is 1. The van der Waals surface area contributed by atoms with Crippen LogP contribution in [0.1, 0.15) is 47.2 Å². The highest BCUT2D eigenvalue weighted by molar-refractivity contribution is 5.99. The molecule has 0 unspecified atom stereocenters. The van der Waals surface area contributed by atoms with Gasteiger partial charge in [-0.05, 0) is 48.6 Å². The first-order valence-electron chi connectivity index (χ1n) is 9.48. The van der Waals surface area contributed by atoms with Crippen LogP contribution in [0.4, 0.5) is 11.6 Å². The second-order valence-electron chi connectivity index (χ2n) is 7.26. The first-order valence-corrected chi connectivity index (χ1v) is 9.48. The van der Waals surface area contributed by atoms with Crippen LogP contribution in [-0.4, -0.2) is 40.0 Å². The summed E-state index contributed by atoms with van der Waals surface area (Å²) in [7, 11) is 1.46. The van der Waals surface area contributed by atoms with Gasteiger partial charge in [-0.2, -0.15) is 10.2 Å². The fourth-order valence-electron chi connectivity index (χ4n) is 4.09. The quantitative estimate of drug-likeness (QED) is 0.776. The van der Waals surface area contributed by atoms with Crippen LogP contribution in [0.15, 0.2) is 29.6 Å². The highest BCUT2D eigenvalue weighted by Gasteiger charge is 2.35. The van der Waals surface area contributed by atoms with Crippen LogP contribution < -0.4 is 10.1 Å². The van der Waals surface area contributed by atoms with Gasteiger partial charge < -0.3 is 15.0 Å². The normalized spacial score (nSPS) is 20.7. The van der Waals surface area contributed by atoms with Crippen molar-refractivity contribution in [3.8, 4) is 11.9 Å². The Morgan fingerprint density at radius 1 is 1.38 bits per heavy atom. The van der Waals surface area contributed by atoms with Gasteiger partial charge in [0.15, 0.2) is 0 Å². The largest absolute Gasteiger partial charge is 0.480 e. The SMILES string of the molecule is COc1nc(N[C@@H]2CCC[C@H](N3Cc4ccc(N=O)cc4C3=O)C2)ncc1C#N. The predicted molar refractivity (Wildman–Crippen MR) is 105 cm³/mol. The molecule has 2 aromatic rings. The highest BCUT2D eigenvalue weighted by atomic mass is 16.5. The lowest BCUT2D eigenvalue weighted by atomic mass is 9.90. The Kier molecular flexibility index (Phi) is 5.08. The molecule has 1 aliphatic carbocycles. The zero-order valence-corrected chi connectivity index (χ0v) is 16.0. The molecule has 1 fully saturated rings. The average Bonchev–Trinajstić information content (AvgIpc) is 3.09. The van der Waals surface area contributed by atoms with E-state index in [1.54, 1.807) is 18.2 Å². The van der Waals surface area contributed by atoms with Crippen molar-refractivity contribution in [2.45, 2.75) is 44.3 Å². The molecule has 0 radical (unpaired) electrons. The number of nitroso groups, excluding NO2 is 1. The molecule has 0 bridgehead atoms. The molecule has 2 aliphatic rings. The molecular formula is C20H20N6O3. The van der Waals surface area contributed by atoms with Gasteiger partial charge in [-0.1, -0.05) is 6.07 Å². The maximum absolute atomic E-state index is 12.9. The van der Waals surface area contributed by atoms with E-state index in [2.05, 4.69) is 20.5 Å². The number of hydrogen-bond donors (Lipinski definition) is 1. The summed E-state index contributed by atoms with van der Waals surface area (Å²) in [6, 6.07) is 7.21. The summed E-state index contributed by atoms with van der Waals surface area (Å²) in [5.41, 5.74) is 2.05. The average molecular weight is 392 g/mol. The molecule has 0 saturated heterocycles. The Balaban J connectivity index is 1.46. The van der Waals surface area contributed by atoms with Crippen LogP contribution in [0, 0.1) is 16.2 Å². The Morgan fingerprint density at radius 2 is 2.24 bits per heavy atom. The Bertz CT molecular complexity index is 1000. The molecule has 1 aliphatic heterocycles. The molecule has 1 N–H and O–H groups in total. The number of carbonyl (C=O) groups is 1. The summed E-state index contributed by atoms with van der Waals surface area (Å²) in [6.45, 7) is 0.547. The minimum atomic E-state index is -0.0487. The number of fused-ring (bicyclic) bond motifs is 1. The molecule has 29 heavy (non-hydrogen) atoms. The van der Waals surface area contributed by atoms with E-state index in [9.17, 15) is 9.70 Å². The van der Waals surface area contributed by atoms with Crippen LogP contribution in [0.3, 0.4) is 0 Å². The van der Waals surface area contributed by atoms with Crippen LogP contribution in [0.5, 0.6) is 5.88 Å². The van der Waals surface area contributed by atoms with E-state index >= 15 is 0 Å². The fraction of sp³-hybridized carbons (Fsp3) is 0.400. The van der Waals surface area contributed by atoms with Gasteiger partial charge in [0, 0.05) is 24.2 Å². The van der Waals surface area contributed by atoms with Crippen molar-refractivity contribution in [1.29, 1.82) is 5.26 Å². The Morgan fingerprint density at radius 3 is 3.00 bits per heavy atom. The summed E-state index contributed by atoms with van der Waals surface area (Å²) >= 11 is 0. The monoisotopic (exact) mass is 392 g/mol. The smallest absolute Gasteiger partial charge is 0.254 e. The number of benzene rings is 1. The molecule has 2 heterocycles. The predicted octanol–water partition coefficient (Wildman–Crippen LogP) is 3.13. The summed E-state index contributed by atoms with van der Waals surface area (Å²) in [5, 5.41) is 15.3. The summed E-state index contributed by atoms with van der Waals surface area (Å²) in [5.74, 6) is 0.596. The lowest BCUT2D eigenvalue weighted by Crippen LogP contribution is -2.42. The maximum atomic E-state index is 12.9. The summed E-state index contributed by atoms with van der Waals surface area (Å²) in [4.78, 5) is 34.0. The maximum Gasteiger partial charge on any atom is 0.254 e. The Labute approximate surface area is 167 Å². The summed E-state index contributed by atoms with van der Waals surface area (Å²) in [6.07, 6.45) is 5.04. The minimum Gasteiger partial charge on any atom is -0.480 e. The molecule has 2 atom stereocenters. The van der Waals surface area contributed by atoms with E-state index in [1.807, 2.05) is 11.0 Å². The number of carbonyl (C=O) groups excluding carboxylic acids is 1. The molecule has 9 heteroatoms. The third-order valence-corrected chi connectivity index (χ3v) is 5.52. The third-order valence-electron chi connectivity index (χ3n) is 5.52. The van der Waals surface area contributed by atoms with Crippen LogP contribution in [0.2, 0.25) is 0 Å². The van der Waals surface area contributed by atoms with Gasteiger partial charge in [-0.25, -0.2) is 4.98 Å². The molecule has 0 spiro atoms. The fourth-order valence-corrected chi connectivity index (χ4v) is 4.09. The second kappa shape index (κ2) is 7.83. The van der Waals surface area contributed by atoms with E-state index in [-0.39, 0.29) is 35.1 Å². The molecular weight excluding hydrogens is 372 g/mol. The van der Waals surface area contributed by atoms with Gasteiger partial charge in [0.25, 0.3) is 5.91 Å². The molecule has 1 amide bonds. The standard InChI is InChI=1S/C20H20N6O3/c1-29-18-13(9-21)10-22-20(24-18)23-14-3-2-4-16(7-14)26-11-12-5-6-15(25-28)8-17(12)19(26)27/h5-6,8,10,14,16H,2-4,7,11H2,1H3,(H,22,23,24)/t14-,16+/m1/s1. The Hall–Kier alpha value is -3.54. The number of rotatable bonds is 5. The number of nitrogens with one attached hydrogen (secondary N) is 1. The van der Waals surface area contributed by atoms with E-state index in [0.717, 1.165) is 31.2 Å². The second-order valence-corrected chi connectivity index (χ2v) is 7.26. The van der Waals surface area contributed by atoms with E-state index in [0.29, 0.717) is 18.1 Å². The number of nitrogens with zero attached hydrogens (tertiary/aromatic N) is 5. The lowest BCUT2D eigenvalue weighted by Gasteiger charge is -2.35. The van der Waals surface area contributed by atoms with E-state index < -0.39 is 0 Å². The number of methoxy groups -OCH3 is 1. The van der Waals surface area contributed by atoms with Crippen LogP contribution in [-0.2, 0) is 6.54 Å². The van der Waals surface area contributed by atoms with Crippen LogP contribution in [0.25, 0.3) is 0 Å². The lowest BCUT2D eigenvalue weighted by molar-refractivity contribution is 0.0654. The number of ether oxygens (including phenoxy) is 1. The van der Waals surface area contributed by atoms with Gasteiger partial charge in [-0.3, -0.25) is 4.79 Å². The number of hydrogen-bond acceptors (Lipinski definition) is 8. The molecule has 1 aromatic heterocycles. The van der Waals surface area contributed by atoms with Crippen molar-refractivity contribution in [2.24, 2.45) is 5.18 Å². The first kappa shape index (κ1) is 18.8. The molecule has 1 aromatic carbocycles. The summed E-state index contributed by atoms with van der Waals surface area (Å²) < 4.78 is 5.14. The van der Waals surface area contributed by atoms with Crippen molar-refractivity contribution < 1.29 is 9.53 Å².